The van der Waals surface area contributed by atoms with Gasteiger partial charge in [0.05, 0.1) is 29.5 Å². The van der Waals surface area contributed by atoms with E-state index in [1.807, 2.05) is 25.2 Å². The summed E-state index contributed by atoms with van der Waals surface area (Å²) in [7, 11) is 2.01. The first-order valence-electron chi connectivity index (χ1n) is 15.6. The molecule has 1 spiro atoms. The molecule has 2 aromatic heterocycles. The molecule has 43 heavy (non-hydrogen) atoms. The van der Waals surface area contributed by atoms with Crippen molar-refractivity contribution >= 4 is 17.3 Å². The minimum absolute atomic E-state index is 0.112. The molecular formula is C33H42FN7O2. The summed E-state index contributed by atoms with van der Waals surface area (Å²) in [6, 6.07) is 10.3. The zero-order chi connectivity index (χ0) is 29.9. The predicted molar refractivity (Wildman–Crippen MR) is 165 cm³/mol. The van der Waals surface area contributed by atoms with Gasteiger partial charge in [0.1, 0.15) is 24.4 Å². The van der Waals surface area contributed by atoms with Gasteiger partial charge in [0, 0.05) is 49.4 Å². The highest BCUT2D eigenvalue weighted by atomic mass is 19.1. The summed E-state index contributed by atoms with van der Waals surface area (Å²) in [6.45, 7) is 6.49. The van der Waals surface area contributed by atoms with Gasteiger partial charge < -0.3 is 25.8 Å². The van der Waals surface area contributed by atoms with Gasteiger partial charge in [0.15, 0.2) is 0 Å². The van der Waals surface area contributed by atoms with Gasteiger partial charge in [0.2, 0.25) is 0 Å². The van der Waals surface area contributed by atoms with E-state index in [1.165, 1.54) is 5.56 Å². The topological polar surface area (TPSA) is 116 Å². The number of hydrogen-bond acceptors (Lipinski definition) is 9. The Balaban J connectivity index is 1.27. The number of ether oxygens (including phenoxy) is 2. The third kappa shape index (κ3) is 4.79. The molecule has 1 unspecified atom stereocenters. The number of aromatic nitrogens is 3. The monoisotopic (exact) mass is 587 g/mol. The van der Waals surface area contributed by atoms with Crippen LogP contribution in [0.1, 0.15) is 85.9 Å². The lowest BCUT2D eigenvalue weighted by atomic mass is 9.71. The zero-order valence-corrected chi connectivity index (χ0v) is 25.4. The van der Waals surface area contributed by atoms with Gasteiger partial charge in [0.25, 0.3) is 0 Å². The van der Waals surface area contributed by atoms with Crippen LogP contribution in [0.4, 0.5) is 21.7 Å². The molecule has 0 saturated carbocycles. The van der Waals surface area contributed by atoms with Crippen LogP contribution in [0.25, 0.3) is 0 Å². The average Bonchev–Trinajstić information content (AvgIpc) is 3.53. The van der Waals surface area contributed by atoms with Crippen LogP contribution in [0, 0.1) is 0 Å². The van der Waals surface area contributed by atoms with Gasteiger partial charge in [-0.3, -0.25) is 4.90 Å². The number of anilines is 3. The van der Waals surface area contributed by atoms with Crippen LogP contribution in [-0.2, 0) is 23.4 Å². The number of hydrogen-bond donors (Lipinski definition) is 2. The Morgan fingerprint density at radius 1 is 1.23 bits per heavy atom. The lowest BCUT2D eigenvalue weighted by Gasteiger charge is -2.44. The standard InChI is InChI=1S/C33H42FN7O2/c1-20-9-11-33(27-14-23(35)7-8-24(20)27)16-28-26(18-43-33)30(40(3)21(2)25-6-4-12-37-29(25)36)39-31(38-28)42-19-32-10-5-13-41(32)17-22(34)15-32/h4,6-8,12,14,20-22H,5,9-11,13,15-19,35H2,1-3H3,(H2,36,37)/t20-,21-,22+,32?,33-/m0/s1. The normalized spacial score (nSPS) is 28.7. The molecule has 4 aliphatic rings. The van der Waals surface area contributed by atoms with E-state index in [4.69, 9.17) is 30.9 Å². The first kappa shape index (κ1) is 28.3. The van der Waals surface area contributed by atoms with Crippen LogP contribution in [0.15, 0.2) is 36.5 Å². The summed E-state index contributed by atoms with van der Waals surface area (Å²) in [5.74, 6) is 1.67. The van der Waals surface area contributed by atoms with Crippen LogP contribution < -0.4 is 21.1 Å². The van der Waals surface area contributed by atoms with Crippen molar-refractivity contribution in [2.24, 2.45) is 0 Å². The molecule has 10 heteroatoms. The van der Waals surface area contributed by atoms with Crippen LogP contribution in [0.5, 0.6) is 6.01 Å². The highest BCUT2D eigenvalue weighted by molar-refractivity contribution is 5.56. The maximum Gasteiger partial charge on any atom is 0.318 e. The number of fused-ring (bicyclic) bond motifs is 4. The molecule has 0 amide bonds. The summed E-state index contributed by atoms with van der Waals surface area (Å²) in [4.78, 5) is 18.7. The van der Waals surface area contributed by atoms with Gasteiger partial charge in [-0.05, 0) is 74.4 Å². The van der Waals surface area contributed by atoms with E-state index in [2.05, 4.69) is 40.8 Å². The molecule has 2 fully saturated rings. The zero-order valence-electron chi connectivity index (χ0n) is 25.4. The van der Waals surface area contributed by atoms with E-state index < -0.39 is 11.8 Å². The maximum atomic E-state index is 14.5. The maximum absolute atomic E-state index is 14.5. The highest BCUT2D eigenvalue weighted by Gasteiger charge is 2.50. The van der Waals surface area contributed by atoms with E-state index in [9.17, 15) is 4.39 Å². The number of nitrogen functional groups attached to an aromatic ring is 2. The summed E-state index contributed by atoms with van der Waals surface area (Å²) >= 11 is 0. The van der Waals surface area contributed by atoms with Crippen LogP contribution in [0.3, 0.4) is 0 Å². The summed E-state index contributed by atoms with van der Waals surface area (Å²) < 4.78 is 27.8. The molecule has 4 N–H and O–H groups in total. The fraction of sp³-hybridized carbons (Fsp3) is 0.545. The molecule has 1 aromatic carbocycles. The fourth-order valence-electron chi connectivity index (χ4n) is 7.97. The third-order valence-electron chi connectivity index (χ3n) is 10.5. The molecule has 0 bridgehead atoms. The lowest BCUT2D eigenvalue weighted by molar-refractivity contribution is -0.0871. The van der Waals surface area contributed by atoms with Crippen molar-refractivity contribution in [1.82, 2.24) is 19.9 Å². The van der Waals surface area contributed by atoms with Gasteiger partial charge in [-0.25, -0.2) is 9.37 Å². The minimum atomic E-state index is -0.820. The molecule has 1 aliphatic carbocycles. The van der Waals surface area contributed by atoms with Gasteiger partial charge in [-0.1, -0.05) is 19.1 Å². The molecular weight excluding hydrogens is 545 g/mol. The summed E-state index contributed by atoms with van der Waals surface area (Å²) in [5, 5.41) is 0. The van der Waals surface area contributed by atoms with E-state index >= 15 is 0 Å². The van der Waals surface area contributed by atoms with Crippen molar-refractivity contribution in [3.63, 3.8) is 0 Å². The minimum Gasteiger partial charge on any atom is -0.461 e. The van der Waals surface area contributed by atoms with Crippen LogP contribution in [0.2, 0.25) is 0 Å². The van der Waals surface area contributed by atoms with Crippen LogP contribution in [-0.4, -0.2) is 58.3 Å². The number of alkyl halides is 1. The van der Waals surface area contributed by atoms with Crippen molar-refractivity contribution in [3.05, 3.63) is 64.5 Å². The first-order valence-corrected chi connectivity index (χ1v) is 15.6. The van der Waals surface area contributed by atoms with Crippen molar-refractivity contribution in [2.45, 2.75) is 88.3 Å². The molecule has 3 aliphatic heterocycles. The molecule has 5 atom stereocenters. The first-order chi connectivity index (χ1) is 20.7. The van der Waals surface area contributed by atoms with Crippen molar-refractivity contribution in [1.29, 1.82) is 0 Å². The second kappa shape index (κ2) is 10.6. The SMILES string of the molecule is C[C@H]1CC[C@]2(Cc3nc(OCC45CCCN4C[C@H](F)C5)nc(N(C)[C@@H](C)c4cccnc4N)c3CO2)c2cc(N)ccc21. The molecule has 9 nitrogen and oxygen atoms in total. The fourth-order valence-corrected chi connectivity index (χ4v) is 7.97. The van der Waals surface area contributed by atoms with Crippen molar-refractivity contribution in [3.8, 4) is 6.01 Å². The van der Waals surface area contributed by atoms with Crippen LogP contribution >= 0.6 is 0 Å². The number of nitrogens with two attached hydrogens (primary N) is 2. The van der Waals surface area contributed by atoms with Gasteiger partial charge >= 0.3 is 6.01 Å². The Bertz CT molecular complexity index is 1540. The number of halogens is 1. The molecule has 7 rings (SSSR count). The number of nitrogens with zero attached hydrogens (tertiary/aromatic N) is 5. The Kier molecular flexibility index (Phi) is 6.97. The second-order valence-corrected chi connectivity index (χ2v) is 13.1. The lowest BCUT2D eigenvalue weighted by Crippen LogP contribution is -2.44. The number of pyridine rings is 1. The largest absolute Gasteiger partial charge is 0.461 e. The quantitative estimate of drug-likeness (QED) is 0.382. The molecule has 3 aromatic rings. The Morgan fingerprint density at radius 2 is 2.09 bits per heavy atom. The van der Waals surface area contributed by atoms with Crippen molar-refractivity contribution in [2.75, 3.05) is 43.1 Å². The number of rotatable bonds is 6. The second-order valence-electron chi connectivity index (χ2n) is 13.1. The Morgan fingerprint density at radius 3 is 2.93 bits per heavy atom. The predicted octanol–water partition coefficient (Wildman–Crippen LogP) is 5.05. The molecule has 2 saturated heterocycles. The Hall–Kier alpha value is -3.50. The van der Waals surface area contributed by atoms with Gasteiger partial charge in [-0.15, -0.1) is 0 Å². The molecule has 228 valence electrons. The Labute approximate surface area is 252 Å². The third-order valence-corrected chi connectivity index (χ3v) is 10.5. The van der Waals surface area contributed by atoms with E-state index in [1.54, 1.807) is 6.20 Å². The van der Waals surface area contributed by atoms with E-state index in [-0.39, 0.29) is 11.6 Å². The van der Waals surface area contributed by atoms with E-state index in [0.717, 1.165) is 66.1 Å². The van der Waals surface area contributed by atoms with Crippen molar-refractivity contribution < 1.29 is 13.9 Å². The highest BCUT2D eigenvalue weighted by Crippen LogP contribution is 2.50. The van der Waals surface area contributed by atoms with E-state index in [0.29, 0.717) is 50.3 Å². The summed E-state index contributed by atoms with van der Waals surface area (Å²) in [5.41, 5.74) is 17.7. The number of benzene rings is 1. The van der Waals surface area contributed by atoms with Gasteiger partial charge in [-0.2, -0.15) is 9.97 Å². The molecule has 0 radical (unpaired) electrons. The summed E-state index contributed by atoms with van der Waals surface area (Å²) in [6.07, 6.45) is 5.86. The smallest absolute Gasteiger partial charge is 0.318 e. The average molecular weight is 588 g/mol. The molecule has 5 heterocycles.